The Labute approximate surface area is 121 Å². The van der Waals surface area contributed by atoms with Gasteiger partial charge in [0.1, 0.15) is 0 Å². The van der Waals surface area contributed by atoms with Gasteiger partial charge in [-0.05, 0) is 26.2 Å². The summed E-state index contributed by atoms with van der Waals surface area (Å²) >= 11 is 0. The van der Waals surface area contributed by atoms with E-state index >= 15 is 0 Å². The molecule has 2 N–H and O–H groups in total. The van der Waals surface area contributed by atoms with Crippen LogP contribution in [-0.2, 0) is 11.2 Å². The van der Waals surface area contributed by atoms with E-state index in [0.29, 0.717) is 17.6 Å². The third-order valence-corrected chi connectivity index (χ3v) is 5.28. The van der Waals surface area contributed by atoms with Gasteiger partial charge in [-0.2, -0.15) is 0 Å². The van der Waals surface area contributed by atoms with Gasteiger partial charge < -0.3 is 15.0 Å². The largest absolute Gasteiger partial charge is 0.378 e. The van der Waals surface area contributed by atoms with Crippen molar-refractivity contribution in [1.29, 1.82) is 0 Å². The molecule has 0 aromatic carbocycles. The van der Waals surface area contributed by atoms with E-state index in [1.807, 2.05) is 6.20 Å². The molecule has 0 bridgehead atoms. The predicted octanol–water partition coefficient (Wildman–Crippen LogP) is 2.67. The van der Waals surface area contributed by atoms with Crippen LogP contribution in [0.3, 0.4) is 0 Å². The molecule has 1 spiro atoms. The predicted molar refractivity (Wildman–Crippen MR) is 79.6 cm³/mol. The minimum Gasteiger partial charge on any atom is -0.378 e. The summed E-state index contributed by atoms with van der Waals surface area (Å²) in [7, 11) is 0. The van der Waals surface area contributed by atoms with Crippen LogP contribution >= 0.6 is 0 Å². The van der Waals surface area contributed by atoms with Gasteiger partial charge in [0.15, 0.2) is 0 Å². The number of hydrogen-bond acceptors (Lipinski definition) is 3. The molecule has 3 rings (SSSR count). The molecular weight excluding hydrogens is 250 g/mol. The number of rotatable bonds is 6. The van der Waals surface area contributed by atoms with Gasteiger partial charge in [0.05, 0.1) is 12.4 Å². The highest BCUT2D eigenvalue weighted by molar-refractivity contribution is 5.09. The molecule has 2 atom stereocenters. The highest BCUT2D eigenvalue weighted by Crippen LogP contribution is 2.53. The molecule has 4 nitrogen and oxygen atoms in total. The lowest BCUT2D eigenvalue weighted by molar-refractivity contribution is -0.149. The Morgan fingerprint density at radius 1 is 1.40 bits per heavy atom. The molecule has 1 aromatic heterocycles. The molecule has 2 saturated carbocycles. The van der Waals surface area contributed by atoms with Crippen LogP contribution in [0, 0.1) is 5.41 Å². The first-order valence-corrected chi connectivity index (χ1v) is 8.17. The summed E-state index contributed by atoms with van der Waals surface area (Å²) < 4.78 is 6.00. The zero-order valence-corrected chi connectivity index (χ0v) is 12.5. The van der Waals surface area contributed by atoms with Crippen molar-refractivity contribution in [2.75, 3.05) is 13.2 Å². The second kappa shape index (κ2) is 6.27. The molecule has 112 valence electrons. The number of imidazole rings is 1. The van der Waals surface area contributed by atoms with Crippen molar-refractivity contribution in [3.8, 4) is 0 Å². The fourth-order valence-electron chi connectivity index (χ4n) is 4.15. The number of H-pyrrole nitrogens is 1. The molecule has 0 aliphatic heterocycles. The van der Waals surface area contributed by atoms with Crippen LogP contribution in [0.5, 0.6) is 0 Å². The highest BCUT2D eigenvalue weighted by Gasteiger charge is 2.55. The Balaban J connectivity index is 1.53. The van der Waals surface area contributed by atoms with E-state index in [0.717, 1.165) is 19.6 Å². The summed E-state index contributed by atoms with van der Waals surface area (Å²) in [6.45, 7) is 4.01. The summed E-state index contributed by atoms with van der Waals surface area (Å²) in [6, 6.07) is 0.655. The molecule has 0 amide bonds. The summed E-state index contributed by atoms with van der Waals surface area (Å²) in [6.07, 6.45) is 13.2. The van der Waals surface area contributed by atoms with Gasteiger partial charge in [0.25, 0.3) is 0 Å². The number of aromatic amines is 1. The zero-order chi connectivity index (χ0) is 13.8. The van der Waals surface area contributed by atoms with Crippen molar-refractivity contribution >= 4 is 0 Å². The summed E-state index contributed by atoms with van der Waals surface area (Å²) in [5, 5.41) is 3.78. The Hall–Kier alpha value is -0.870. The second-order valence-corrected chi connectivity index (χ2v) is 6.31. The molecule has 2 fully saturated rings. The lowest BCUT2D eigenvalue weighted by atomic mass is 9.55. The minimum absolute atomic E-state index is 0.433. The maximum Gasteiger partial charge on any atom is 0.0921 e. The smallest absolute Gasteiger partial charge is 0.0921 e. The number of nitrogens with zero attached hydrogens (tertiary/aromatic N) is 1. The fourth-order valence-corrected chi connectivity index (χ4v) is 4.15. The van der Waals surface area contributed by atoms with Crippen LogP contribution in [0.25, 0.3) is 0 Å². The first kappa shape index (κ1) is 14.1. The van der Waals surface area contributed by atoms with E-state index in [4.69, 9.17) is 4.74 Å². The third kappa shape index (κ3) is 2.63. The quantitative estimate of drug-likeness (QED) is 0.840. The minimum atomic E-state index is 0.433. The average molecular weight is 277 g/mol. The van der Waals surface area contributed by atoms with Crippen molar-refractivity contribution in [1.82, 2.24) is 15.3 Å². The zero-order valence-electron chi connectivity index (χ0n) is 12.5. The average Bonchev–Trinajstić information content (AvgIpc) is 3.00. The van der Waals surface area contributed by atoms with E-state index in [-0.39, 0.29) is 0 Å². The topological polar surface area (TPSA) is 49.9 Å². The van der Waals surface area contributed by atoms with Crippen molar-refractivity contribution in [3.05, 3.63) is 18.2 Å². The van der Waals surface area contributed by atoms with Gasteiger partial charge >= 0.3 is 0 Å². The number of hydrogen-bond donors (Lipinski definition) is 2. The van der Waals surface area contributed by atoms with E-state index in [1.54, 1.807) is 6.33 Å². The molecule has 1 heterocycles. The molecule has 2 unspecified atom stereocenters. The molecule has 0 radical (unpaired) electrons. The monoisotopic (exact) mass is 277 g/mol. The van der Waals surface area contributed by atoms with Gasteiger partial charge in [-0.15, -0.1) is 0 Å². The molecule has 20 heavy (non-hydrogen) atoms. The maximum atomic E-state index is 6.00. The Morgan fingerprint density at radius 3 is 2.95 bits per heavy atom. The van der Waals surface area contributed by atoms with Crippen LogP contribution in [0.1, 0.15) is 51.1 Å². The lowest BCUT2D eigenvalue weighted by Crippen LogP contribution is -2.64. The van der Waals surface area contributed by atoms with Crippen LogP contribution in [0.15, 0.2) is 12.5 Å². The fraction of sp³-hybridized carbons (Fsp3) is 0.812. The molecule has 2 aliphatic carbocycles. The summed E-state index contributed by atoms with van der Waals surface area (Å²) in [5.41, 5.74) is 1.65. The normalized spacial score (nSPS) is 28.4. The number of ether oxygens (including phenoxy) is 1. The van der Waals surface area contributed by atoms with Crippen LogP contribution < -0.4 is 5.32 Å². The second-order valence-electron chi connectivity index (χ2n) is 6.31. The van der Waals surface area contributed by atoms with Gasteiger partial charge in [-0.25, -0.2) is 4.98 Å². The Kier molecular flexibility index (Phi) is 4.41. The van der Waals surface area contributed by atoms with Gasteiger partial charge in [-0.1, -0.05) is 19.3 Å². The lowest BCUT2D eigenvalue weighted by Gasteiger charge is -2.58. The van der Waals surface area contributed by atoms with E-state index in [1.165, 1.54) is 44.2 Å². The summed E-state index contributed by atoms with van der Waals surface area (Å²) in [4.78, 5) is 7.24. The van der Waals surface area contributed by atoms with E-state index < -0.39 is 0 Å². The highest BCUT2D eigenvalue weighted by atomic mass is 16.5. The molecule has 2 aliphatic rings. The van der Waals surface area contributed by atoms with Crippen molar-refractivity contribution in [2.24, 2.45) is 5.41 Å². The third-order valence-electron chi connectivity index (χ3n) is 5.28. The Bertz CT molecular complexity index is 398. The maximum absolute atomic E-state index is 6.00. The van der Waals surface area contributed by atoms with Crippen LogP contribution in [0.2, 0.25) is 0 Å². The van der Waals surface area contributed by atoms with Crippen molar-refractivity contribution < 1.29 is 4.74 Å². The molecule has 1 aromatic rings. The molecule has 4 heteroatoms. The first-order chi connectivity index (χ1) is 9.85. The van der Waals surface area contributed by atoms with Crippen LogP contribution in [-0.4, -0.2) is 35.3 Å². The van der Waals surface area contributed by atoms with Crippen LogP contribution in [0.4, 0.5) is 0 Å². The van der Waals surface area contributed by atoms with Gasteiger partial charge in [0.2, 0.25) is 0 Å². The summed E-state index contributed by atoms with van der Waals surface area (Å²) in [5.74, 6) is 0. The van der Waals surface area contributed by atoms with Crippen molar-refractivity contribution in [3.63, 3.8) is 0 Å². The van der Waals surface area contributed by atoms with Gasteiger partial charge in [0, 0.05) is 42.9 Å². The molecule has 0 saturated heterocycles. The van der Waals surface area contributed by atoms with Crippen molar-refractivity contribution in [2.45, 2.75) is 64.0 Å². The number of nitrogens with one attached hydrogen (secondary N) is 2. The van der Waals surface area contributed by atoms with Gasteiger partial charge in [-0.3, -0.25) is 0 Å². The standard InChI is InChI=1S/C16H27N3O/c1-2-20-15-10-14(16(15)7-4-3-5-8-16)18-9-6-13-11-17-12-19-13/h11-12,14-15,18H,2-10H2,1H3,(H,17,19). The Morgan fingerprint density at radius 2 is 2.25 bits per heavy atom. The van der Waals surface area contributed by atoms with E-state index in [9.17, 15) is 0 Å². The molecular formula is C16H27N3O. The SMILES string of the molecule is CCOC1CC(NCCc2cnc[nH]2)C12CCCCC2. The first-order valence-electron chi connectivity index (χ1n) is 8.17. The van der Waals surface area contributed by atoms with E-state index in [2.05, 4.69) is 22.2 Å². The number of aromatic nitrogens is 2.